The molecular formula is C16H14O2S. The van der Waals surface area contributed by atoms with Gasteiger partial charge in [-0.3, -0.25) is 0 Å². The minimum Gasteiger partial charge on any atom is -0.218 e. The Bertz CT molecular complexity index is 714. The summed E-state index contributed by atoms with van der Waals surface area (Å²) < 4.78 is 25.2. The van der Waals surface area contributed by atoms with E-state index in [9.17, 15) is 8.42 Å². The van der Waals surface area contributed by atoms with Crippen molar-refractivity contribution in [3.05, 3.63) is 72.8 Å². The van der Waals surface area contributed by atoms with Crippen molar-refractivity contribution in [2.75, 3.05) is 0 Å². The molecule has 0 atom stereocenters. The molecule has 0 saturated carbocycles. The van der Waals surface area contributed by atoms with Crippen LogP contribution in [0.3, 0.4) is 0 Å². The number of hydrogen-bond donors (Lipinski definition) is 0. The van der Waals surface area contributed by atoms with Gasteiger partial charge in [-0.15, -0.1) is 0 Å². The molecule has 0 aliphatic heterocycles. The summed E-state index contributed by atoms with van der Waals surface area (Å²) in [7, 11) is -3.53. The number of rotatable bonds is 4. The van der Waals surface area contributed by atoms with Gasteiger partial charge in [-0.1, -0.05) is 55.6 Å². The predicted molar refractivity (Wildman–Crippen MR) is 78.5 cm³/mol. The fourth-order valence-electron chi connectivity index (χ4n) is 1.92. The molecule has 0 N–H and O–H groups in total. The van der Waals surface area contributed by atoms with Crippen molar-refractivity contribution in [2.45, 2.75) is 9.79 Å². The maximum Gasteiger partial charge on any atom is 0.207 e. The lowest BCUT2D eigenvalue weighted by atomic mass is 10.1. The molecule has 2 aromatic carbocycles. The third kappa shape index (κ3) is 2.37. The second-order valence-electron chi connectivity index (χ2n) is 3.98. The van der Waals surface area contributed by atoms with Gasteiger partial charge in [-0.25, -0.2) is 8.42 Å². The summed E-state index contributed by atoms with van der Waals surface area (Å²) in [5, 5.41) is 0. The molecule has 0 spiro atoms. The lowest BCUT2D eigenvalue weighted by Gasteiger charge is -2.10. The average molecular weight is 270 g/mol. The van der Waals surface area contributed by atoms with Crippen LogP contribution in [-0.2, 0) is 9.84 Å². The van der Waals surface area contributed by atoms with Crippen LogP contribution in [0.1, 0.15) is 11.1 Å². The lowest BCUT2D eigenvalue weighted by molar-refractivity contribution is 0.596. The Morgan fingerprint density at radius 3 is 2.11 bits per heavy atom. The van der Waals surface area contributed by atoms with Gasteiger partial charge < -0.3 is 0 Å². The van der Waals surface area contributed by atoms with Gasteiger partial charge in [0.2, 0.25) is 9.84 Å². The van der Waals surface area contributed by atoms with Crippen molar-refractivity contribution in [2.24, 2.45) is 0 Å². The van der Waals surface area contributed by atoms with E-state index in [1.54, 1.807) is 54.6 Å². The quantitative estimate of drug-likeness (QED) is 0.846. The molecule has 19 heavy (non-hydrogen) atoms. The Hall–Kier alpha value is -2.13. The van der Waals surface area contributed by atoms with E-state index in [-0.39, 0.29) is 9.79 Å². The van der Waals surface area contributed by atoms with E-state index < -0.39 is 9.84 Å². The largest absolute Gasteiger partial charge is 0.218 e. The molecule has 2 rings (SSSR count). The first-order chi connectivity index (χ1) is 9.11. The van der Waals surface area contributed by atoms with Crippen LogP contribution in [-0.4, -0.2) is 8.42 Å². The van der Waals surface area contributed by atoms with E-state index in [1.165, 1.54) is 0 Å². The maximum atomic E-state index is 12.6. The summed E-state index contributed by atoms with van der Waals surface area (Å²) in [4.78, 5) is 0.533. The van der Waals surface area contributed by atoms with Crippen molar-refractivity contribution in [3.63, 3.8) is 0 Å². The molecule has 0 aliphatic rings. The predicted octanol–water partition coefficient (Wildman–Crippen LogP) is 3.81. The molecule has 0 bridgehead atoms. The van der Waals surface area contributed by atoms with Gasteiger partial charge in [0.1, 0.15) is 0 Å². The molecule has 0 heterocycles. The summed E-state index contributed by atoms with van der Waals surface area (Å²) >= 11 is 0. The number of benzene rings is 2. The Balaban J connectivity index is 2.72. The molecule has 0 unspecified atom stereocenters. The highest BCUT2D eigenvalue weighted by molar-refractivity contribution is 7.91. The number of hydrogen-bond acceptors (Lipinski definition) is 2. The van der Waals surface area contributed by atoms with Gasteiger partial charge in [0.05, 0.1) is 9.79 Å². The summed E-state index contributed by atoms with van der Waals surface area (Å²) in [6, 6.07) is 13.5. The standard InChI is InChI=1S/C16H14O2S/c1-3-13-9-8-12-16(15(13)4-2)19(17,18)14-10-6-5-7-11-14/h3-12H,1-2H2. The van der Waals surface area contributed by atoms with Crippen molar-refractivity contribution in [3.8, 4) is 0 Å². The van der Waals surface area contributed by atoms with E-state index in [4.69, 9.17) is 0 Å². The van der Waals surface area contributed by atoms with E-state index in [1.807, 2.05) is 6.07 Å². The normalized spacial score (nSPS) is 10.9. The van der Waals surface area contributed by atoms with Gasteiger partial charge >= 0.3 is 0 Å². The van der Waals surface area contributed by atoms with Gasteiger partial charge in [-0.05, 0) is 23.8 Å². The van der Waals surface area contributed by atoms with Crippen molar-refractivity contribution in [1.82, 2.24) is 0 Å². The Kier molecular flexibility index (Phi) is 3.67. The van der Waals surface area contributed by atoms with E-state index in [0.29, 0.717) is 5.56 Å². The van der Waals surface area contributed by atoms with Gasteiger partial charge in [0, 0.05) is 5.56 Å². The zero-order valence-electron chi connectivity index (χ0n) is 10.4. The van der Waals surface area contributed by atoms with Crippen LogP contribution in [0.25, 0.3) is 12.2 Å². The molecular weight excluding hydrogens is 256 g/mol. The molecule has 0 amide bonds. The first kappa shape index (κ1) is 13.3. The minimum absolute atomic E-state index is 0.256. The first-order valence-electron chi connectivity index (χ1n) is 5.79. The van der Waals surface area contributed by atoms with Crippen LogP contribution in [0, 0.1) is 0 Å². The zero-order valence-corrected chi connectivity index (χ0v) is 11.2. The zero-order chi connectivity index (χ0) is 13.9. The minimum atomic E-state index is -3.53. The smallest absolute Gasteiger partial charge is 0.207 e. The third-order valence-corrected chi connectivity index (χ3v) is 4.69. The molecule has 2 nitrogen and oxygen atoms in total. The Morgan fingerprint density at radius 2 is 1.53 bits per heavy atom. The topological polar surface area (TPSA) is 34.1 Å². The summed E-state index contributed by atoms with van der Waals surface area (Å²) in [5.41, 5.74) is 1.34. The monoisotopic (exact) mass is 270 g/mol. The fourth-order valence-corrected chi connectivity index (χ4v) is 3.44. The molecule has 0 aromatic heterocycles. The van der Waals surface area contributed by atoms with Crippen LogP contribution in [0.2, 0.25) is 0 Å². The molecule has 96 valence electrons. The number of sulfone groups is 1. The van der Waals surface area contributed by atoms with Gasteiger partial charge in [-0.2, -0.15) is 0 Å². The van der Waals surface area contributed by atoms with E-state index in [0.717, 1.165) is 5.56 Å². The lowest BCUT2D eigenvalue weighted by Crippen LogP contribution is -2.04. The highest BCUT2D eigenvalue weighted by Gasteiger charge is 2.20. The Morgan fingerprint density at radius 1 is 0.842 bits per heavy atom. The third-order valence-electron chi connectivity index (χ3n) is 2.87. The first-order valence-corrected chi connectivity index (χ1v) is 7.27. The summed E-state index contributed by atoms with van der Waals surface area (Å²) in [5.74, 6) is 0. The van der Waals surface area contributed by atoms with E-state index in [2.05, 4.69) is 13.2 Å². The van der Waals surface area contributed by atoms with Gasteiger partial charge in [0.25, 0.3) is 0 Å². The van der Waals surface area contributed by atoms with Crippen LogP contribution in [0.5, 0.6) is 0 Å². The van der Waals surface area contributed by atoms with Crippen LogP contribution >= 0.6 is 0 Å². The van der Waals surface area contributed by atoms with Crippen molar-refractivity contribution in [1.29, 1.82) is 0 Å². The van der Waals surface area contributed by atoms with Crippen molar-refractivity contribution >= 4 is 22.0 Å². The second-order valence-corrected chi connectivity index (χ2v) is 5.90. The fraction of sp³-hybridized carbons (Fsp3) is 0. The molecule has 2 aromatic rings. The molecule has 0 aliphatic carbocycles. The van der Waals surface area contributed by atoms with Gasteiger partial charge in [0.15, 0.2) is 0 Å². The highest BCUT2D eigenvalue weighted by Crippen LogP contribution is 2.27. The molecule has 0 radical (unpaired) electrons. The SMILES string of the molecule is C=Cc1cccc(S(=O)(=O)c2ccccc2)c1C=C. The van der Waals surface area contributed by atoms with E-state index >= 15 is 0 Å². The summed E-state index contributed by atoms with van der Waals surface area (Å²) in [6.07, 6.45) is 3.17. The maximum absolute atomic E-state index is 12.6. The molecule has 0 fully saturated rings. The molecule has 3 heteroatoms. The summed E-state index contributed by atoms with van der Waals surface area (Å²) in [6.45, 7) is 7.39. The highest BCUT2D eigenvalue weighted by atomic mass is 32.2. The second kappa shape index (κ2) is 5.24. The molecule has 0 saturated heterocycles. The van der Waals surface area contributed by atoms with Crippen LogP contribution < -0.4 is 0 Å². The Labute approximate surface area is 113 Å². The van der Waals surface area contributed by atoms with Crippen LogP contribution in [0.4, 0.5) is 0 Å². The average Bonchev–Trinajstić information content (AvgIpc) is 2.47. The van der Waals surface area contributed by atoms with Crippen molar-refractivity contribution < 1.29 is 8.42 Å². The van der Waals surface area contributed by atoms with Crippen LogP contribution in [0.15, 0.2) is 71.5 Å².